The van der Waals surface area contributed by atoms with Crippen molar-refractivity contribution in [1.82, 2.24) is 20.0 Å². The Hall–Kier alpha value is -2.80. The van der Waals surface area contributed by atoms with Gasteiger partial charge in [0.25, 0.3) is 11.8 Å². The van der Waals surface area contributed by atoms with E-state index in [9.17, 15) is 4.79 Å². The van der Waals surface area contributed by atoms with Crippen molar-refractivity contribution in [2.24, 2.45) is 0 Å². The number of hydrogen-bond donors (Lipinski definition) is 0. The Balaban J connectivity index is 1.73. The molecule has 0 unspecified atom stereocenters. The highest BCUT2D eigenvalue weighted by molar-refractivity contribution is 6.06. The summed E-state index contributed by atoms with van der Waals surface area (Å²) in [6.07, 6.45) is 1.72. The van der Waals surface area contributed by atoms with Crippen molar-refractivity contribution in [3.8, 4) is 0 Å². The summed E-state index contributed by atoms with van der Waals surface area (Å²) < 4.78 is 10.8. The molecule has 0 saturated carbocycles. The fourth-order valence-electron chi connectivity index (χ4n) is 2.94. The maximum atomic E-state index is 13.2. The average Bonchev–Trinajstić information content (AvgIpc) is 3.07. The van der Waals surface area contributed by atoms with Crippen LogP contribution in [0.15, 0.2) is 41.1 Å². The lowest BCUT2D eigenvalue weighted by Gasteiger charge is -2.33. The summed E-state index contributed by atoms with van der Waals surface area (Å²) in [4.78, 5) is 23.5. The van der Waals surface area contributed by atoms with Crippen molar-refractivity contribution >= 4 is 16.8 Å². The van der Waals surface area contributed by atoms with Crippen LogP contribution in [0.2, 0.25) is 0 Å². The van der Waals surface area contributed by atoms with E-state index in [2.05, 4.69) is 15.1 Å². The fraction of sp³-hybridized carbons (Fsp3) is 0.294. The van der Waals surface area contributed by atoms with Gasteiger partial charge in [0.05, 0.1) is 18.7 Å². The number of morpholine rings is 1. The third-order valence-electron chi connectivity index (χ3n) is 4.09. The monoisotopic (exact) mass is 324 g/mol. The molecule has 24 heavy (non-hydrogen) atoms. The standard InChI is InChI=1S/C17H16N4O3/c1-11-19-16(24-20-11)15-10-23-9-8-21(15)17(22)13-4-2-6-14-12(13)5-3-7-18-14/h2-7,15H,8-10H2,1H3/t15-/m0/s1. The topological polar surface area (TPSA) is 81.4 Å². The molecule has 1 aliphatic rings. The van der Waals surface area contributed by atoms with Crippen LogP contribution >= 0.6 is 0 Å². The van der Waals surface area contributed by atoms with E-state index >= 15 is 0 Å². The van der Waals surface area contributed by atoms with Crippen LogP contribution < -0.4 is 0 Å². The second-order valence-electron chi connectivity index (χ2n) is 5.64. The summed E-state index contributed by atoms with van der Waals surface area (Å²) >= 11 is 0. The number of pyridine rings is 1. The highest BCUT2D eigenvalue weighted by Crippen LogP contribution is 2.27. The number of nitrogens with zero attached hydrogens (tertiary/aromatic N) is 4. The predicted molar refractivity (Wildman–Crippen MR) is 85.4 cm³/mol. The van der Waals surface area contributed by atoms with Gasteiger partial charge in [-0.05, 0) is 25.1 Å². The van der Waals surface area contributed by atoms with E-state index in [-0.39, 0.29) is 11.9 Å². The van der Waals surface area contributed by atoms with Gasteiger partial charge in [-0.1, -0.05) is 17.3 Å². The van der Waals surface area contributed by atoms with Crippen LogP contribution in [0.3, 0.4) is 0 Å². The summed E-state index contributed by atoms with van der Waals surface area (Å²) in [6, 6.07) is 8.91. The Labute approximate surface area is 138 Å². The molecule has 1 aromatic carbocycles. The lowest BCUT2D eigenvalue weighted by Crippen LogP contribution is -2.43. The molecule has 3 heterocycles. The number of benzene rings is 1. The second kappa shape index (κ2) is 6.01. The van der Waals surface area contributed by atoms with Crippen molar-refractivity contribution in [3.63, 3.8) is 0 Å². The van der Waals surface area contributed by atoms with Gasteiger partial charge in [0.1, 0.15) is 6.04 Å². The van der Waals surface area contributed by atoms with Crippen LogP contribution in [0.25, 0.3) is 10.9 Å². The molecule has 0 N–H and O–H groups in total. The zero-order chi connectivity index (χ0) is 16.5. The molecule has 1 fully saturated rings. The van der Waals surface area contributed by atoms with Crippen LogP contribution in [0.4, 0.5) is 0 Å². The van der Waals surface area contributed by atoms with Gasteiger partial charge in [-0.3, -0.25) is 9.78 Å². The van der Waals surface area contributed by atoms with Crippen LogP contribution in [0.5, 0.6) is 0 Å². The molecule has 1 atom stereocenters. The number of aryl methyl sites for hydroxylation is 1. The maximum Gasteiger partial charge on any atom is 0.255 e. The van der Waals surface area contributed by atoms with Gasteiger partial charge < -0.3 is 14.2 Å². The van der Waals surface area contributed by atoms with E-state index < -0.39 is 0 Å². The number of aromatic nitrogens is 3. The molecule has 4 rings (SSSR count). The van der Waals surface area contributed by atoms with Crippen molar-refractivity contribution in [1.29, 1.82) is 0 Å². The van der Waals surface area contributed by atoms with E-state index in [0.29, 0.717) is 37.0 Å². The van der Waals surface area contributed by atoms with Crippen LogP contribution in [0, 0.1) is 6.92 Å². The molecule has 0 spiro atoms. The Morgan fingerprint density at radius 3 is 3.04 bits per heavy atom. The molecule has 1 amide bonds. The molecular formula is C17H16N4O3. The molecule has 7 heteroatoms. The zero-order valence-corrected chi connectivity index (χ0v) is 13.2. The van der Waals surface area contributed by atoms with Gasteiger partial charge >= 0.3 is 0 Å². The molecule has 3 aromatic rings. The van der Waals surface area contributed by atoms with Gasteiger partial charge in [0.2, 0.25) is 0 Å². The minimum atomic E-state index is -0.376. The molecule has 122 valence electrons. The number of rotatable bonds is 2. The number of fused-ring (bicyclic) bond motifs is 1. The largest absolute Gasteiger partial charge is 0.377 e. The molecule has 0 radical (unpaired) electrons. The fourth-order valence-corrected chi connectivity index (χ4v) is 2.94. The van der Waals surface area contributed by atoms with Gasteiger partial charge in [-0.25, -0.2) is 0 Å². The average molecular weight is 324 g/mol. The lowest BCUT2D eigenvalue weighted by atomic mass is 10.1. The number of amides is 1. The third-order valence-corrected chi connectivity index (χ3v) is 4.09. The Morgan fingerprint density at radius 2 is 2.21 bits per heavy atom. The smallest absolute Gasteiger partial charge is 0.255 e. The number of hydrogen-bond acceptors (Lipinski definition) is 6. The molecule has 0 aliphatic carbocycles. The van der Waals surface area contributed by atoms with Crippen molar-refractivity contribution in [2.45, 2.75) is 13.0 Å². The first kappa shape index (κ1) is 14.8. The lowest BCUT2D eigenvalue weighted by molar-refractivity contribution is -0.0118. The minimum absolute atomic E-state index is 0.0854. The van der Waals surface area contributed by atoms with E-state index in [4.69, 9.17) is 9.26 Å². The SMILES string of the molecule is Cc1noc([C@@H]2COCCN2C(=O)c2cccc3ncccc23)n1. The maximum absolute atomic E-state index is 13.2. The quantitative estimate of drug-likeness (QED) is 0.718. The third kappa shape index (κ3) is 2.52. The number of ether oxygens (including phenoxy) is 1. The first-order chi connectivity index (χ1) is 11.7. The molecule has 2 aromatic heterocycles. The Morgan fingerprint density at radius 1 is 1.29 bits per heavy atom. The van der Waals surface area contributed by atoms with E-state index in [1.165, 1.54) is 0 Å². The molecule has 0 bridgehead atoms. The Bertz CT molecular complexity index is 887. The van der Waals surface area contributed by atoms with Gasteiger partial charge in [-0.2, -0.15) is 4.98 Å². The summed E-state index contributed by atoms with van der Waals surface area (Å²) in [5.41, 5.74) is 1.41. The second-order valence-corrected chi connectivity index (χ2v) is 5.64. The molecule has 7 nitrogen and oxygen atoms in total. The zero-order valence-electron chi connectivity index (χ0n) is 13.2. The summed E-state index contributed by atoms with van der Waals surface area (Å²) in [5.74, 6) is 0.856. The predicted octanol–water partition coefficient (Wildman–Crippen LogP) is 2.14. The van der Waals surface area contributed by atoms with Gasteiger partial charge in [0.15, 0.2) is 5.82 Å². The summed E-state index contributed by atoms with van der Waals surface area (Å²) in [7, 11) is 0. The normalized spacial score (nSPS) is 18.0. The van der Waals surface area contributed by atoms with Crippen LogP contribution in [0.1, 0.15) is 28.1 Å². The first-order valence-electron chi connectivity index (χ1n) is 7.77. The van der Waals surface area contributed by atoms with E-state index in [1.807, 2.05) is 30.3 Å². The molecular weight excluding hydrogens is 308 g/mol. The highest BCUT2D eigenvalue weighted by atomic mass is 16.5. The summed E-state index contributed by atoms with van der Waals surface area (Å²) in [6.45, 7) is 3.05. The van der Waals surface area contributed by atoms with E-state index in [0.717, 1.165) is 10.9 Å². The number of carbonyl (C=O) groups excluding carboxylic acids is 1. The van der Waals surface area contributed by atoms with Crippen molar-refractivity contribution < 1.29 is 14.1 Å². The van der Waals surface area contributed by atoms with Gasteiger partial charge in [-0.15, -0.1) is 0 Å². The number of carbonyl (C=O) groups is 1. The molecule has 1 saturated heterocycles. The highest BCUT2D eigenvalue weighted by Gasteiger charge is 2.33. The molecule has 1 aliphatic heterocycles. The first-order valence-corrected chi connectivity index (χ1v) is 7.77. The van der Waals surface area contributed by atoms with Crippen LogP contribution in [-0.4, -0.2) is 45.7 Å². The van der Waals surface area contributed by atoms with Crippen LogP contribution in [-0.2, 0) is 4.74 Å². The van der Waals surface area contributed by atoms with Crippen molar-refractivity contribution in [2.75, 3.05) is 19.8 Å². The van der Waals surface area contributed by atoms with Gasteiger partial charge in [0, 0.05) is 23.7 Å². The Kier molecular flexibility index (Phi) is 3.70. The van der Waals surface area contributed by atoms with Crippen molar-refractivity contribution in [3.05, 3.63) is 53.8 Å². The van der Waals surface area contributed by atoms with E-state index in [1.54, 1.807) is 18.0 Å². The summed E-state index contributed by atoms with van der Waals surface area (Å²) in [5, 5.41) is 4.65. The minimum Gasteiger partial charge on any atom is -0.377 e.